The molecule has 0 saturated heterocycles. The van der Waals surface area contributed by atoms with E-state index in [1.807, 2.05) is 19.2 Å². The highest BCUT2D eigenvalue weighted by molar-refractivity contribution is 5.94. The Balaban J connectivity index is 0.00000256. The molecule has 0 aliphatic heterocycles. The van der Waals surface area contributed by atoms with E-state index in [0.29, 0.717) is 0 Å². The van der Waals surface area contributed by atoms with Gasteiger partial charge in [-0.2, -0.15) is 0 Å². The molecule has 160 valence electrons. The second-order valence-electron chi connectivity index (χ2n) is 7.75. The molecular formula is C24H34N6. The number of imidazole rings is 1. The molecule has 0 amide bonds. The van der Waals surface area contributed by atoms with Gasteiger partial charge in [0.1, 0.15) is 5.82 Å². The average Bonchev–Trinajstić information content (AvgIpc) is 3.30. The molecular weight excluding hydrogens is 372 g/mol. The Labute approximate surface area is 179 Å². The van der Waals surface area contributed by atoms with E-state index in [9.17, 15) is 0 Å². The number of fused-ring (bicyclic) bond motifs is 2. The Morgan fingerprint density at radius 2 is 1.80 bits per heavy atom. The van der Waals surface area contributed by atoms with E-state index in [1.165, 1.54) is 10.9 Å². The lowest BCUT2D eigenvalue weighted by Gasteiger charge is -2.23. The average molecular weight is 407 g/mol. The van der Waals surface area contributed by atoms with Crippen molar-refractivity contribution < 1.29 is 0 Å². The topological polar surface area (TPSA) is 63.8 Å². The number of hydrogen-bond donors (Lipinski definition) is 2. The van der Waals surface area contributed by atoms with Crippen molar-refractivity contribution in [3.8, 4) is 11.3 Å². The van der Waals surface area contributed by atoms with E-state index in [1.54, 1.807) is 0 Å². The highest BCUT2D eigenvalue weighted by atomic mass is 15.2. The van der Waals surface area contributed by atoms with E-state index in [4.69, 9.17) is 0 Å². The van der Waals surface area contributed by atoms with Crippen LogP contribution in [0.3, 0.4) is 0 Å². The van der Waals surface area contributed by atoms with E-state index >= 15 is 0 Å². The third-order valence-electron chi connectivity index (χ3n) is 5.63. The van der Waals surface area contributed by atoms with Crippen LogP contribution in [-0.2, 0) is 6.54 Å². The SMILES string of the molecule is C.CCN(CC)CCN(C)Cc1ccc2[nH]c(-c3ccnc4nc(C)[nH]c34)cc2c1. The van der Waals surface area contributed by atoms with Crippen LogP contribution in [0.15, 0.2) is 36.5 Å². The normalized spacial score (nSPS) is 11.7. The fraction of sp³-hybridized carbons (Fsp3) is 0.417. The van der Waals surface area contributed by atoms with Gasteiger partial charge in [-0.1, -0.05) is 27.3 Å². The van der Waals surface area contributed by atoms with Gasteiger partial charge in [0.2, 0.25) is 0 Å². The first kappa shape index (κ1) is 22.0. The zero-order valence-corrected chi connectivity index (χ0v) is 17.8. The molecule has 0 aliphatic rings. The van der Waals surface area contributed by atoms with E-state index in [-0.39, 0.29) is 7.43 Å². The predicted molar refractivity (Wildman–Crippen MR) is 127 cm³/mol. The lowest BCUT2D eigenvalue weighted by atomic mass is 10.1. The Morgan fingerprint density at radius 1 is 1.00 bits per heavy atom. The molecule has 2 N–H and O–H groups in total. The summed E-state index contributed by atoms with van der Waals surface area (Å²) in [5.74, 6) is 0.881. The maximum atomic E-state index is 4.45. The molecule has 3 heterocycles. The highest BCUT2D eigenvalue weighted by Gasteiger charge is 2.11. The summed E-state index contributed by atoms with van der Waals surface area (Å²) in [4.78, 5) is 20.6. The van der Waals surface area contributed by atoms with Crippen molar-refractivity contribution in [2.24, 2.45) is 0 Å². The van der Waals surface area contributed by atoms with Gasteiger partial charge in [0.15, 0.2) is 5.65 Å². The van der Waals surface area contributed by atoms with Crippen molar-refractivity contribution in [3.63, 3.8) is 0 Å². The van der Waals surface area contributed by atoms with E-state index < -0.39 is 0 Å². The molecule has 0 fully saturated rings. The molecule has 6 heteroatoms. The number of nitrogens with one attached hydrogen (secondary N) is 2. The minimum Gasteiger partial charge on any atom is -0.354 e. The molecule has 6 nitrogen and oxygen atoms in total. The molecule has 0 aliphatic carbocycles. The number of H-pyrrole nitrogens is 2. The number of pyridine rings is 1. The van der Waals surface area contributed by atoms with E-state index in [2.05, 4.69) is 74.9 Å². The summed E-state index contributed by atoms with van der Waals surface area (Å²) in [7, 11) is 2.20. The Morgan fingerprint density at radius 3 is 2.57 bits per heavy atom. The van der Waals surface area contributed by atoms with Crippen LogP contribution in [-0.4, -0.2) is 63.0 Å². The summed E-state index contributed by atoms with van der Waals surface area (Å²) in [5.41, 5.74) is 6.41. The Kier molecular flexibility index (Phi) is 6.90. The maximum absolute atomic E-state index is 4.45. The predicted octanol–water partition coefficient (Wildman–Crippen LogP) is 4.82. The lowest BCUT2D eigenvalue weighted by Crippen LogP contribution is -2.32. The number of aromatic amines is 2. The minimum absolute atomic E-state index is 0. The van der Waals surface area contributed by atoms with Gasteiger partial charge in [0.25, 0.3) is 0 Å². The van der Waals surface area contributed by atoms with Gasteiger partial charge in [0, 0.05) is 48.0 Å². The number of rotatable bonds is 8. The molecule has 4 rings (SSSR count). The lowest BCUT2D eigenvalue weighted by molar-refractivity contribution is 0.236. The van der Waals surface area contributed by atoms with Crippen LogP contribution in [0, 0.1) is 6.92 Å². The molecule has 0 bridgehead atoms. The van der Waals surface area contributed by atoms with Gasteiger partial charge >= 0.3 is 0 Å². The number of likely N-dealkylation sites (N-methyl/N-ethyl adjacent to an activating group) is 2. The van der Waals surface area contributed by atoms with Crippen molar-refractivity contribution in [1.29, 1.82) is 0 Å². The zero-order valence-electron chi connectivity index (χ0n) is 17.8. The fourth-order valence-electron chi connectivity index (χ4n) is 3.92. The second-order valence-corrected chi connectivity index (χ2v) is 7.75. The van der Waals surface area contributed by atoms with Crippen molar-refractivity contribution in [1.82, 2.24) is 29.7 Å². The van der Waals surface area contributed by atoms with Crippen LogP contribution >= 0.6 is 0 Å². The largest absolute Gasteiger partial charge is 0.354 e. The van der Waals surface area contributed by atoms with Crippen molar-refractivity contribution in [3.05, 3.63) is 47.9 Å². The molecule has 0 atom stereocenters. The summed E-state index contributed by atoms with van der Waals surface area (Å²) in [5, 5.41) is 1.23. The summed E-state index contributed by atoms with van der Waals surface area (Å²) in [6.07, 6.45) is 1.82. The van der Waals surface area contributed by atoms with Gasteiger partial charge < -0.3 is 19.8 Å². The minimum atomic E-state index is 0. The third kappa shape index (κ3) is 4.55. The van der Waals surface area contributed by atoms with Crippen LogP contribution in [0.2, 0.25) is 0 Å². The summed E-state index contributed by atoms with van der Waals surface area (Å²) >= 11 is 0. The zero-order chi connectivity index (χ0) is 20.4. The molecule has 1 aromatic carbocycles. The first-order valence-electron chi connectivity index (χ1n) is 10.4. The fourth-order valence-corrected chi connectivity index (χ4v) is 3.92. The number of benzene rings is 1. The van der Waals surface area contributed by atoms with Crippen LogP contribution < -0.4 is 0 Å². The van der Waals surface area contributed by atoms with Gasteiger partial charge in [-0.25, -0.2) is 9.97 Å². The van der Waals surface area contributed by atoms with Gasteiger partial charge in [-0.05, 0) is 56.9 Å². The summed E-state index contributed by atoms with van der Waals surface area (Å²) in [6, 6.07) is 11.0. The Bertz CT molecular complexity index is 1110. The van der Waals surface area contributed by atoms with Crippen LogP contribution in [0.5, 0.6) is 0 Å². The molecule has 0 radical (unpaired) electrons. The van der Waals surface area contributed by atoms with Gasteiger partial charge in [0.05, 0.1) is 5.52 Å². The van der Waals surface area contributed by atoms with Crippen molar-refractivity contribution in [2.75, 3.05) is 33.2 Å². The van der Waals surface area contributed by atoms with Gasteiger partial charge in [-0.3, -0.25) is 0 Å². The first-order chi connectivity index (χ1) is 14.1. The van der Waals surface area contributed by atoms with Crippen LogP contribution in [0.4, 0.5) is 0 Å². The van der Waals surface area contributed by atoms with E-state index in [0.717, 1.165) is 66.5 Å². The second kappa shape index (κ2) is 9.41. The smallest absolute Gasteiger partial charge is 0.178 e. The Hall–Kier alpha value is -2.70. The van der Waals surface area contributed by atoms with Crippen LogP contribution in [0.25, 0.3) is 33.3 Å². The molecule has 0 spiro atoms. The number of aromatic nitrogens is 4. The number of hydrogen-bond acceptors (Lipinski definition) is 4. The van der Waals surface area contributed by atoms with Crippen LogP contribution in [0.1, 0.15) is 32.7 Å². The third-order valence-corrected chi connectivity index (χ3v) is 5.63. The molecule has 0 unspecified atom stereocenters. The quantitative estimate of drug-likeness (QED) is 0.440. The molecule has 4 aromatic rings. The molecule has 3 aromatic heterocycles. The first-order valence-corrected chi connectivity index (χ1v) is 10.4. The summed E-state index contributed by atoms with van der Waals surface area (Å²) in [6.45, 7) is 11.8. The summed E-state index contributed by atoms with van der Waals surface area (Å²) < 4.78 is 0. The van der Waals surface area contributed by atoms with Crippen molar-refractivity contribution >= 4 is 22.1 Å². The molecule has 0 saturated carbocycles. The van der Waals surface area contributed by atoms with Gasteiger partial charge in [-0.15, -0.1) is 0 Å². The number of nitrogens with zero attached hydrogens (tertiary/aromatic N) is 4. The van der Waals surface area contributed by atoms with Crippen molar-refractivity contribution in [2.45, 2.75) is 34.7 Å². The monoisotopic (exact) mass is 406 g/mol. The maximum Gasteiger partial charge on any atom is 0.178 e. The highest BCUT2D eigenvalue weighted by Crippen LogP contribution is 2.29. The standard InChI is InChI=1S/C23H30N6.CH4/c1-5-29(6-2)12-11-28(4)15-17-7-8-20-18(13-17)14-21(27-20)19-9-10-24-23-22(19)25-16(3)26-23;/h7-10,13-14,27H,5-6,11-12,15H2,1-4H3,(H,24,25,26);1H4. The molecule has 30 heavy (non-hydrogen) atoms. The number of aryl methyl sites for hydroxylation is 1.